The number of hydrogen-bond donors (Lipinski definition) is 1. The molecule has 0 radical (unpaired) electrons. The van der Waals surface area contributed by atoms with Crippen LogP contribution in [0, 0.1) is 0 Å². The Balaban J connectivity index is 1.67. The van der Waals surface area contributed by atoms with E-state index < -0.39 is 0 Å². The first-order valence-corrected chi connectivity index (χ1v) is 8.64. The number of anilines is 1. The first-order valence-electron chi connectivity index (χ1n) is 6.02. The fraction of sp³-hybridized carbons (Fsp3) is 0.231. The number of nitrogens with zero attached hydrogens (tertiary/aromatic N) is 2. The van der Waals surface area contributed by atoms with Crippen LogP contribution in [-0.2, 0) is 5.75 Å². The second-order valence-corrected chi connectivity index (χ2v) is 7.27. The lowest BCUT2D eigenvalue weighted by molar-refractivity contribution is 1.19. The summed E-state index contributed by atoms with van der Waals surface area (Å²) in [5, 5.41) is 4.23. The predicted molar refractivity (Wildman–Crippen MR) is 85.5 cm³/mol. The Labute approximate surface area is 124 Å². The van der Waals surface area contributed by atoms with E-state index in [0.717, 1.165) is 27.3 Å². The number of rotatable bonds is 5. The SMILES string of the molecule is CCNc1ncc(CSc2nc3ccccc3s2)s1. The molecule has 0 saturated carbocycles. The molecule has 2 heterocycles. The Morgan fingerprint density at radius 2 is 2.16 bits per heavy atom. The summed E-state index contributed by atoms with van der Waals surface area (Å²) in [5.74, 6) is 0.933. The topological polar surface area (TPSA) is 37.8 Å². The van der Waals surface area contributed by atoms with Gasteiger partial charge in [0.05, 0.1) is 10.2 Å². The Kier molecular flexibility index (Phi) is 4.00. The van der Waals surface area contributed by atoms with Crippen LogP contribution in [-0.4, -0.2) is 16.5 Å². The molecule has 1 aromatic carbocycles. The highest BCUT2D eigenvalue weighted by molar-refractivity contribution is 8.00. The quantitative estimate of drug-likeness (QED) is 0.705. The van der Waals surface area contributed by atoms with Crippen LogP contribution in [0.4, 0.5) is 5.13 Å². The van der Waals surface area contributed by atoms with Gasteiger partial charge in [-0.2, -0.15) is 0 Å². The molecule has 0 aliphatic rings. The molecule has 6 heteroatoms. The van der Waals surface area contributed by atoms with Gasteiger partial charge in [-0.15, -0.1) is 22.7 Å². The van der Waals surface area contributed by atoms with E-state index in [4.69, 9.17) is 0 Å². The Bertz CT molecular complexity index is 641. The molecule has 0 unspecified atom stereocenters. The molecule has 0 atom stereocenters. The van der Waals surface area contributed by atoms with Crippen LogP contribution in [0.5, 0.6) is 0 Å². The van der Waals surface area contributed by atoms with Crippen LogP contribution in [0.3, 0.4) is 0 Å². The predicted octanol–water partition coefficient (Wildman–Crippen LogP) is 4.48. The summed E-state index contributed by atoms with van der Waals surface area (Å²) >= 11 is 5.25. The maximum Gasteiger partial charge on any atom is 0.182 e. The summed E-state index contributed by atoms with van der Waals surface area (Å²) in [6, 6.07) is 8.27. The molecular weight excluding hydrogens is 294 g/mol. The summed E-state index contributed by atoms with van der Waals surface area (Å²) in [7, 11) is 0. The molecule has 98 valence electrons. The molecule has 0 fully saturated rings. The second kappa shape index (κ2) is 5.90. The number of nitrogens with one attached hydrogen (secondary N) is 1. The fourth-order valence-electron chi connectivity index (χ4n) is 1.65. The van der Waals surface area contributed by atoms with Gasteiger partial charge < -0.3 is 5.32 Å². The molecule has 2 aromatic heterocycles. The molecule has 3 rings (SSSR count). The van der Waals surface area contributed by atoms with Crippen LogP contribution >= 0.6 is 34.4 Å². The highest BCUT2D eigenvalue weighted by Gasteiger charge is 2.06. The van der Waals surface area contributed by atoms with Gasteiger partial charge in [0.2, 0.25) is 0 Å². The van der Waals surface area contributed by atoms with Crippen molar-refractivity contribution in [3.8, 4) is 0 Å². The lowest BCUT2D eigenvalue weighted by atomic mass is 10.3. The van der Waals surface area contributed by atoms with E-state index in [0.29, 0.717) is 0 Å². The molecule has 0 saturated heterocycles. The van der Waals surface area contributed by atoms with Gasteiger partial charge in [-0.05, 0) is 19.1 Å². The van der Waals surface area contributed by atoms with Gasteiger partial charge in [-0.1, -0.05) is 23.9 Å². The number of thiazole rings is 2. The van der Waals surface area contributed by atoms with Crippen molar-refractivity contribution in [1.29, 1.82) is 0 Å². The number of para-hydroxylation sites is 1. The van der Waals surface area contributed by atoms with E-state index in [-0.39, 0.29) is 0 Å². The van der Waals surface area contributed by atoms with Gasteiger partial charge in [-0.25, -0.2) is 9.97 Å². The molecule has 0 spiro atoms. The van der Waals surface area contributed by atoms with Crippen molar-refractivity contribution in [1.82, 2.24) is 9.97 Å². The third-order valence-corrected chi connectivity index (χ3v) is 5.86. The normalized spacial score (nSPS) is 11.0. The minimum Gasteiger partial charge on any atom is -0.362 e. The Hall–Kier alpha value is -1.11. The van der Waals surface area contributed by atoms with Crippen LogP contribution in [0.1, 0.15) is 11.8 Å². The van der Waals surface area contributed by atoms with Crippen LogP contribution in [0.15, 0.2) is 34.8 Å². The average molecular weight is 307 g/mol. The van der Waals surface area contributed by atoms with E-state index in [1.807, 2.05) is 12.3 Å². The molecule has 1 N–H and O–H groups in total. The Morgan fingerprint density at radius 1 is 1.26 bits per heavy atom. The van der Waals surface area contributed by atoms with Crippen molar-refractivity contribution in [2.24, 2.45) is 0 Å². The average Bonchev–Trinajstić information content (AvgIpc) is 3.02. The smallest absolute Gasteiger partial charge is 0.182 e. The molecule has 0 amide bonds. The van der Waals surface area contributed by atoms with Gasteiger partial charge in [0.25, 0.3) is 0 Å². The Morgan fingerprint density at radius 3 is 3.00 bits per heavy atom. The van der Waals surface area contributed by atoms with Crippen LogP contribution < -0.4 is 5.32 Å². The summed E-state index contributed by atoms with van der Waals surface area (Å²) < 4.78 is 2.38. The lowest BCUT2D eigenvalue weighted by Gasteiger charge is -1.94. The summed E-state index contributed by atoms with van der Waals surface area (Å²) in [6.07, 6.45) is 1.95. The lowest BCUT2D eigenvalue weighted by Crippen LogP contribution is -1.94. The molecular formula is C13H13N3S3. The van der Waals surface area contributed by atoms with E-state index >= 15 is 0 Å². The molecule has 0 aliphatic carbocycles. The zero-order chi connectivity index (χ0) is 13.1. The minimum absolute atomic E-state index is 0.915. The number of hydrogen-bond acceptors (Lipinski definition) is 6. The maximum atomic E-state index is 4.62. The monoisotopic (exact) mass is 307 g/mol. The number of thioether (sulfide) groups is 1. The van der Waals surface area contributed by atoms with E-state index in [1.165, 1.54) is 9.58 Å². The highest BCUT2D eigenvalue weighted by Crippen LogP contribution is 2.32. The molecule has 0 aliphatic heterocycles. The van der Waals surface area contributed by atoms with Crippen molar-refractivity contribution in [3.63, 3.8) is 0 Å². The van der Waals surface area contributed by atoms with Crippen molar-refractivity contribution in [2.45, 2.75) is 17.0 Å². The van der Waals surface area contributed by atoms with E-state index in [2.05, 4.69) is 40.4 Å². The van der Waals surface area contributed by atoms with Gasteiger partial charge in [0, 0.05) is 23.4 Å². The minimum atomic E-state index is 0.915. The number of fused-ring (bicyclic) bond motifs is 1. The van der Waals surface area contributed by atoms with Crippen molar-refractivity contribution in [3.05, 3.63) is 35.3 Å². The van der Waals surface area contributed by atoms with Crippen LogP contribution in [0.2, 0.25) is 0 Å². The van der Waals surface area contributed by atoms with Crippen LogP contribution in [0.25, 0.3) is 10.2 Å². The first kappa shape index (κ1) is 12.9. The second-order valence-electron chi connectivity index (χ2n) is 3.90. The summed E-state index contributed by atoms with van der Waals surface area (Å²) in [4.78, 5) is 10.2. The zero-order valence-electron chi connectivity index (χ0n) is 10.4. The third kappa shape index (κ3) is 3.08. The molecule has 19 heavy (non-hydrogen) atoms. The van der Waals surface area contributed by atoms with Crippen molar-refractivity contribution < 1.29 is 0 Å². The third-order valence-electron chi connectivity index (χ3n) is 2.49. The van der Waals surface area contributed by atoms with Crippen molar-refractivity contribution in [2.75, 3.05) is 11.9 Å². The van der Waals surface area contributed by atoms with E-state index in [1.54, 1.807) is 34.4 Å². The highest BCUT2D eigenvalue weighted by atomic mass is 32.2. The molecule has 3 aromatic rings. The first-order chi connectivity index (χ1) is 9.35. The summed E-state index contributed by atoms with van der Waals surface area (Å²) in [5.41, 5.74) is 1.09. The van der Waals surface area contributed by atoms with Gasteiger partial charge >= 0.3 is 0 Å². The molecule has 3 nitrogen and oxygen atoms in total. The standard InChI is InChI=1S/C13H13N3S3/c1-2-14-12-15-7-9(18-12)8-17-13-16-10-5-3-4-6-11(10)19-13/h3-7H,2,8H2,1H3,(H,14,15). The fourth-order valence-corrected chi connectivity index (χ4v) is 4.62. The number of aromatic nitrogens is 2. The van der Waals surface area contributed by atoms with Gasteiger partial charge in [0.15, 0.2) is 9.47 Å². The van der Waals surface area contributed by atoms with Crippen molar-refractivity contribution >= 4 is 49.8 Å². The largest absolute Gasteiger partial charge is 0.362 e. The number of benzene rings is 1. The van der Waals surface area contributed by atoms with E-state index in [9.17, 15) is 0 Å². The van der Waals surface area contributed by atoms with Gasteiger partial charge in [-0.3, -0.25) is 0 Å². The zero-order valence-corrected chi connectivity index (χ0v) is 12.9. The molecule has 0 bridgehead atoms. The van der Waals surface area contributed by atoms with Gasteiger partial charge in [0.1, 0.15) is 0 Å². The summed E-state index contributed by atoms with van der Waals surface area (Å²) in [6.45, 7) is 2.99. The maximum absolute atomic E-state index is 4.62.